The summed E-state index contributed by atoms with van der Waals surface area (Å²) in [5.74, 6) is 0. The number of thiocarbonyl (C=S) groups is 1. The highest BCUT2D eigenvalue weighted by atomic mass is 35.5. The molecule has 1 aliphatic heterocycles. The number of rotatable bonds is 3. The normalized spacial score (nSPS) is 15.5. The third-order valence-electron chi connectivity index (χ3n) is 4.49. The van der Waals surface area contributed by atoms with E-state index >= 15 is 0 Å². The fraction of sp³-hybridized carbons (Fsp3) is 0.316. The number of nitrogens with one attached hydrogen (secondary N) is 1. The third-order valence-corrected chi connectivity index (χ3v) is 5.40. The lowest BCUT2D eigenvalue weighted by Gasteiger charge is -2.36. The van der Waals surface area contributed by atoms with Crippen LogP contribution in [0.15, 0.2) is 42.5 Å². The molecule has 0 spiro atoms. The molecule has 1 fully saturated rings. The molecule has 0 aliphatic carbocycles. The van der Waals surface area contributed by atoms with Crippen molar-refractivity contribution in [3.05, 3.63) is 63.6 Å². The van der Waals surface area contributed by atoms with Crippen LogP contribution < -0.4 is 5.32 Å². The van der Waals surface area contributed by atoms with Crippen LogP contribution in [0, 0.1) is 0 Å². The molecule has 3 nitrogen and oxygen atoms in total. The summed E-state index contributed by atoms with van der Waals surface area (Å²) in [5.41, 5.74) is 0.716. The minimum atomic E-state index is -4.32. The van der Waals surface area contributed by atoms with Crippen molar-refractivity contribution in [2.45, 2.75) is 12.7 Å². The Kier molecular flexibility index (Phi) is 6.70. The number of hydrogen-bond acceptors (Lipinski definition) is 2. The largest absolute Gasteiger partial charge is 0.416 e. The predicted molar refractivity (Wildman–Crippen MR) is 111 cm³/mol. The maximum atomic E-state index is 12.9. The molecule has 2 aromatic rings. The summed E-state index contributed by atoms with van der Waals surface area (Å²) < 4.78 is 38.6. The van der Waals surface area contributed by atoms with Crippen LogP contribution in [-0.2, 0) is 12.7 Å². The average molecular weight is 448 g/mol. The second-order valence-electron chi connectivity index (χ2n) is 6.52. The Bertz CT molecular complexity index is 853. The van der Waals surface area contributed by atoms with E-state index in [2.05, 4.69) is 10.2 Å². The zero-order chi connectivity index (χ0) is 20.3. The predicted octanol–water partition coefficient (Wildman–Crippen LogP) is 5.53. The Morgan fingerprint density at radius 3 is 2.39 bits per heavy atom. The van der Waals surface area contributed by atoms with E-state index in [1.165, 1.54) is 12.1 Å². The molecule has 0 saturated carbocycles. The fourth-order valence-corrected chi connectivity index (χ4v) is 3.75. The summed E-state index contributed by atoms with van der Waals surface area (Å²) in [4.78, 5) is 4.13. The molecule has 9 heteroatoms. The van der Waals surface area contributed by atoms with Crippen molar-refractivity contribution in [1.29, 1.82) is 0 Å². The van der Waals surface area contributed by atoms with Gasteiger partial charge in [0, 0.05) is 37.7 Å². The van der Waals surface area contributed by atoms with E-state index in [1.54, 1.807) is 24.3 Å². The summed E-state index contributed by atoms with van der Waals surface area (Å²) in [6, 6.07) is 10.6. The van der Waals surface area contributed by atoms with E-state index in [-0.39, 0.29) is 0 Å². The molecule has 1 heterocycles. The van der Waals surface area contributed by atoms with Crippen LogP contribution >= 0.6 is 35.4 Å². The summed E-state index contributed by atoms with van der Waals surface area (Å²) >= 11 is 17.5. The van der Waals surface area contributed by atoms with Crippen molar-refractivity contribution in [3.8, 4) is 0 Å². The summed E-state index contributed by atoms with van der Waals surface area (Å²) in [5, 5.41) is 4.71. The monoisotopic (exact) mass is 447 g/mol. The van der Waals surface area contributed by atoms with E-state index < -0.39 is 11.7 Å². The van der Waals surface area contributed by atoms with Gasteiger partial charge in [0.1, 0.15) is 0 Å². The lowest BCUT2D eigenvalue weighted by molar-refractivity contribution is -0.137. The topological polar surface area (TPSA) is 18.5 Å². The number of hydrogen-bond donors (Lipinski definition) is 1. The zero-order valence-corrected chi connectivity index (χ0v) is 17.1. The molecule has 28 heavy (non-hydrogen) atoms. The van der Waals surface area contributed by atoms with Gasteiger partial charge in [0.2, 0.25) is 0 Å². The van der Waals surface area contributed by atoms with Gasteiger partial charge < -0.3 is 10.2 Å². The van der Waals surface area contributed by atoms with E-state index in [0.717, 1.165) is 6.07 Å². The third kappa shape index (κ3) is 5.50. The molecule has 0 atom stereocenters. The number of anilines is 1. The molecule has 1 saturated heterocycles. The molecule has 1 N–H and O–H groups in total. The number of alkyl halides is 3. The summed E-state index contributed by atoms with van der Waals surface area (Å²) in [6.45, 7) is 3.23. The lowest BCUT2D eigenvalue weighted by Crippen LogP contribution is -2.49. The SMILES string of the molecule is FC(F)(F)c1cccc(CN2CCN(C(=S)Nc3ccc(Cl)cc3Cl)CC2)c1. The Balaban J connectivity index is 1.54. The van der Waals surface area contributed by atoms with Crippen molar-refractivity contribution in [2.75, 3.05) is 31.5 Å². The summed E-state index contributed by atoms with van der Waals surface area (Å²) in [7, 11) is 0. The number of benzene rings is 2. The maximum absolute atomic E-state index is 12.9. The van der Waals surface area contributed by atoms with Gasteiger partial charge in [-0.2, -0.15) is 13.2 Å². The molecular formula is C19H18Cl2F3N3S. The first-order valence-corrected chi connectivity index (χ1v) is 9.78. The van der Waals surface area contributed by atoms with E-state index in [0.29, 0.717) is 59.1 Å². The van der Waals surface area contributed by atoms with Crippen LogP contribution in [0.3, 0.4) is 0 Å². The van der Waals surface area contributed by atoms with E-state index in [9.17, 15) is 13.2 Å². The van der Waals surface area contributed by atoms with E-state index in [4.69, 9.17) is 35.4 Å². The van der Waals surface area contributed by atoms with Crippen molar-refractivity contribution in [3.63, 3.8) is 0 Å². The first-order chi connectivity index (χ1) is 13.2. The van der Waals surface area contributed by atoms with Crippen LogP contribution in [0.1, 0.15) is 11.1 Å². The lowest BCUT2D eigenvalue weighted by atomic mass is 10.1. The fourth-order valence-electron chi connectivity index (χ4n) is 3.00. The maximum Gasteiger partial charge on any atom is 0.416 e. The zero-order valence-electron chi connectivity index (χ0n) is 14.8. The van der Waals surface area contributed by atoms with Crippen LogP contribution in [-0.4, -0.2) is 41.1 Å². The second kappa shape index (κ2) is 8.86. The minimum Gasteiger partial charge on any atom is -0.346 e. The van der Waals surface area contributed by atoms with Crippen molar-refractivity contribution >= 4 is 46.2 Å². The van der Waals surface area contributed by atoms with Crippen LogP contribution in [0.5, 0.6) is 0 Å². The molecule has 0 aromatic heterocycles. The number of halogens is 5. The van der Waals surface area contributed by atoms with Gasteiger partial charge in [-0.25, -0.2) is 0 Å². The van der Waals surface area contributed by atoms with Crippen LogP contribution in [0.25, 0.3) is 0 Å². The van der Waals surface area contributed by atoms with Gasteiger partial charge >= 0.3 is 6.18 Å². The highest BCUT2D eigenvalue weighted by Gasteiger charge is 2.30. The molecular weight excluding hydrogens is 430 g/mol. The highest BCUT2D eigenvalue weighted by molar-refractivity contribution is 7.80. The quantitative estimate of drug-likeness (QED) is 0.623. The van der Waals surface area contributed by atoms with Gasteiger partial charge in [0.05, 0.1) is 16.3 Å². The first kappa shape index (κ1) is 21.2. The van der Waals surface area contributed by atoms with Gasteiger partial charge in [-0.05, 0) is 42.0 Å². The highest BCUT2D eigenvalue weighted by Crippen LogP contribution is 2.30. The van der Waals surface area contributed by atoms with Gasteiger partial charge in [-0.3, -0.25) is 4.90 Å². The molecule has 0 bridgehead atoms. The molecule has 150 valence electrons. The van der Waals surface area contributed by atoms with E-state index in [1.807, 2.05) is 4.90 Å². The molecule has 3 rings (SSSR count). The van der Waals surface area contributed by atoms with Crippen LogP contribution in [0.4, 0.5) is 18.9 Å². The average Bonchev–Trinajstić information content (AvgIpc) is 2.64. The van der Waals surface area contributed by atoms with Crippen molar-refractivity contribution in [1.82, 2.24) is 9.80 Å². The second-order valence-corrected chi connectivity index (χ2v) is 7.75. The van der Waals surface area contributed by atoms with Crippen molar-refractivity contribution < 1.29 is 13.2 Å². The minimum absolute atomic E-state index is 0.473. The summed E-state index contributed by atoms with van der Waals surface area (Å²) in [6.07, 6.45) is -4.32. The Labute approximate surface area is 177 Å². The van der Waals surface area contributed by atoms with Gasteiger partial charge in [0.15, 0.2) is 5.11 Å². The Morgan fingerprint density at radius 1 is 1.04 bits per heavy atom. The first-order valence-electron chi connectivity index (χ1n) is 8.62. The number of piperazine rings is 1. The van der Waals surface area contributed by atoms with Gasteiger partial charge in [-0.1, -0.05) is 41.4 Å². The molecule has 2 aromatic carbocycles. The Morgan fingerprint density at radius 2 is 1.75 bits per heavy atom. The number of nitrogens with zero attached hydrogens (tertiary/aromatic N) is 2. The molecule has 0 amide bonds. The standard InChI is InChI=1S/C19H18Cl2F3N3S/c20-15-4-5-17(16(21)11-15)25-18(28)27-8-6-26(7-9-27)12-13-2-1-3-14(10-13)19(22,23)24/h1-5,10-11H,6-9,12H2,(H,25,28). The van der Waals surface area contributed by atoms with Crippen molar-refractivity contribution in [2.24, 2.45) is 0 Å². The Hall–Kier alpha value is -1.54. The van der Waals surface area contributed by atoms with Gasteiger partial charge in [-0.15, -0.1) is 0 Å². The molecule has 0 radical (unpaired) electrons. The molecule has 1 aliphatic rings. The smallest absolute Gasteiger partial charge is 0.346 e. The molecule has 0 unspecified atom stereocenters. The van der Waals surface area contributed by atoms with Crippen LogP contribution in [0.2, 0.25) is 10.0 Å². The van der Waals surface area contributed by atoms with Gasteiger partial charge in [0.25, 0.3) is 0 Å².